The van der Waals surface area contributed by atoms with Crippen LogP contribution in [-0.4, -0.2) is 56.9 Å². The zero-order valence-corrected chi connectivity index (χ0v) is 20.3. The maximum absolute atomic E-state index is 13.0. The molecule has 0 unspecified atom stereocenters. The van der Waals surface area contributed by atoms with Crippen molar-refractivity contribution in [2.45, 2.75) is 44.0 Å². The van der Waals surface area contributed by atoms with Crippen molar-refractivity contribution in [2.75, 3.05) is 33.4 Å². The summed E-state index contributed by atoms with van der Waals surface area (Å²) in [5, 5.41) is 0. The number of amides is 1. The molecule has 2 heterocycles. The Bertz CT molecular complexity index is 1090. The summed E-state index contributed by atoms with van der Waals surface area (Å²) >= 11 is 0. The number of carbonyl (C=O) groups excluding carboxylic acids is 1. The van der Waals surface area contributed by atoms with E-state index in [4.69, 9.17) is 9.47 Å². The molecule has 33 heavy (non-hydrogen) atoms. The Labute approximate surface area is 196 Å². The van der Waals surface area contributed by atoms with Crippen LogP contribution in [0, 0.1) is 5.92 Å². The van der Waals surface area contributed by atoms with Gasteiger partial charge in [0.15, 0.2) is 11.5 Å². The molecule has 4 rings (SSSR count). The van der Waals surface area contributed by atoms with Crippen LogP contribution >= 0.6 is 0 Å². The van der Waals surface area contributed by atoms with Crippen LogP contribution in [0.15, 0.2) is 47.4 Å². The van der Waals surface area contributed by atoms with Crippen molar-refractivity contribution in [3.8, 4) is 11.5 Å². The molecule has 0 aliphatic carbocycles. The molecule has 8 heteroatoms. The fourth-order valence-electron chi connectivity index (χ4n) is 4.37. The van der Waals surface area contributed by atoms with E-state index in [1.807, 2.05) is 30.3 Å². The Hall–Kier alpha value is -2.58. The van der Waals surface area contributed by atoms with Crippen molar-refractivity contribution in [2.24, 2.45) is 5.92 Å². The van der Waals surface area contributed by atoms with Crippen molar-refractivity contribution in [3.05, 3.63) is 53.6 Å². The largest absolute Gasteiger partial charge is 0.486 e. The van der Waals surface area contributed by atoms with Crippen LogP contribution in [0.25, 0.3) is 0 Å². The number of piperidine rings is 1. The Kier molecular flexibility index (Phi) is 6.95. The summed E-state index contributed by atoms with van der Waals surface area (Å²) in [6.07, 6.45) is 1.04. The molecule has 0 N–H and O–H groups in total. The minimum Gasteiger partial charge on any atom is -0.486 e. The molecular formula is C25H32N2O5S. The molecule has 0 radical (unpaired) electrons. The highest BCUT2D eigenvalue weighted by molar-refractivity contribution is 7.89. The predicted octanol–water partition coefficient (Wildman–Crippen LogP) is 3.64. The summed E-state index contributed by atoms with van der Waals surface area (Å²) in [4.78, 5) is 15.0. The number of hydrogen-bond acceptors (Lipinski definition) is 5. The molecule has 2 aliphatic rings. The van der Waals surface area contributed by atoms with Crippen molar-refractivity contribution in [1.82, 2.24) is 9.21 Å². The van der Waals surface area contributed by atoms with Gasteiger partial charge in [-0.25, -0.2) is 8.42 Å². The van der Waals surface area contributed by atoms with Crippen LogP contribution < -0.4 is 9.47 Å². The first-order valence-electron chi connectivity index (χ1n) is 11.5. The third kappa shape index (κ3) is 5.17. The highest BCUT2D eigenvalue weighted by atomic mass is 32.2. The van der Waals surface area contributed by atoms with Crippen LogP contribution in [0.1, 0.15) is 43.7 Å². The molecule has 0 bridgehead atoms. The molecule has 0 atom stereocenters. The molecule has 7 nitrogen and oxygen atoms in total. The van der Waals surface area contributed by atoms with E-state index >= 15 is 0 Å². The average Bonchev–Trinajstić information content (AvgIpc) is 2.83. The van der Waals surface area contributed by atoms with Crippen LogP contribution in [-0.2, 0) is 21.4 Å². The molecule has 0 aromatic heterocycles. The Balaban J connectivity index is 1.34. The highest BCUT2D eigenvalue weighted by Crippen LogP contribution is 2.31. The monoisotopic (exact) mass is 472 g/mol. The lowest BCUT2D eigenvalue weighted by atomic mass is 9.96. The van der Waals surface area contributed by atoms with Gasteiger partial charge >= 0.3 is 0 Å². The normalized spacial score (nSPS) is 17.2. The second-order valence-corrected chi connectivity index (χ2v) is 11.0. The molecule has 178 valence electrons. The van der Waals surface area contributed by atoms with Crippen LogP contribution in [0.4, 0.5) is 0 Å². The predicted molar refractivity (Wildman–Crippen MR) is 126 cm³/mol. The number of benzene rings is 2. The molecule has 0 saturated carbocycles. The van der Waals surface area contributed by atoms with Crippen LogP contribution in [0.3, 0.4) is 0 Å². The number of nitrogens with zero attached hydrogens (tertiary/aromatic N) is 2. The van der Waals surface area contributed by atoms with Gasteiger partial charge in [0.2, 0.25) is 15.9 Å². The Morgan fingerprint density at radius 3 is 2.30 bits per heavy atom. The van der Waals surface area contributed by atoms with Crippen molar-refractivity contribution in [3.63, 3.8) is 0 Å². The van der Waals surface area contributed by atoms with E-state index in [1.54, 1.807) is 24.1 Å². The second-order valence-electron chi connectivity index (χ2n) is 9.07. The summed E-state index contributed by atoms with van der Waals surface area (Å²) in [6, 6.07) is 12.8. The number of hydrogen-bond donors (Lipinski definition) is 0. The van der Waals surface area contributed by atoms with Gasteiger partial charge in [0.05, 0.1) is 4.90 Å². The molecule has 2 aliphatic heterocycles. The van der Waals surface area contributed by atoms with E-state index < -0.39 is 10.0 Å². The van der Waals surface area contributed by atoms with Gasteiger partial charge < -0.3 is 14.4 Å². The van der Waals surface area contributed by atoms with E-state index in [9.17, 15) is 13.2 Å². The zero-order chi connectivity index (χ0) is 23.6. The van der Waals surface area contributed by atoms with Crippen LogP contribution in [0.2, 0.25) is 0 Å². The van der Waals surface area contributed by atoms with Crippen molar-refractivity contribution < 1.29 is 22.7 Å². The summed E-state index contributed by atoms with van der Waals surface area (Å²) in [6.45, 7) is 6.39. The lowest BCUT2D eigenvalue weighted by Gasteiger charge is -2.32. The Morgan fingerprint density at radius 1 is 1.03 bits per heavy atom. The maximum Gasteiger partial charge on any atom is 0.243 e. The molecule has 0 spiro atoms. The second kappa shape index (κ2) is 9.73. The fraction of sp³-hybridized carbons (Fsp3) is 0.480. The van der Waals surface area contributed by atoms with Gasteiger partial charge in [-0.3, -0.25) is 4.79 Å². The smallest absolute Gasteiger partial charge is 0.243 e. The topological polar surface area (TPSA) is 76.2 Å². The van der Waals surface area contributed by atoms with E-state index in [2.05, 4.69) is 13.8 Å². The quantitative estimate of drug-likeness (QED) is 0.642. The fourth-order valence-corrected chi connectivity index (χ4v) is 5.84. The third-order valence-electron chi connectivity index (χ3n) is 6.39. The summed E-state index contributed by atoms with van der Waals surface area (Å²) in [5.74, 6) is 1.65. The minimum absolute atomic E-state index is 0.0447. The first-order chi connectivity index (χ1) is 15.8. The molecule has 1 amide bonds. The standard InChI is InChI=1S/C25H32N2O5S/c1-18(2)20-5-7-22(8-6-20)33(29,30)27-12-10-21(11-13-27)25(28)26(3)17-19-4-9-23-24(16-19)32-15-14-31-23/h4-9,16,18,21H,10-15,17H2,1-3H3. The van der Waals surface area contributed by atoms with E-state index in [1.165, 1.54) is 4.31 Å². The molecule has 1 fully saturated rings. The zero-order valence-electron chi connectivity index (χ0n) is 19.5. The van der Waals surface area contributed by atoms with Crippen molar-refractivity contribution in [1.29, 1.82) is 0 Å². The van der Waals surface area contributed by atoms with Gasteiger partial charge in [-0.05, 0) is 54.2 Å². The van der Waals surface area contributed by atoms with Crippen LogP contribution in [0.5, 0.6) is 11.5 Å². The number of carbonyl (C=O) groups is 1. The molecule has 2 aromatic carbocycles. The van der Waals surface area contributed by atoms with Gasteiger partial charge in [-0.15, -0.1) is 0 Å². The highest BCUT2D eigenvalue weighted by Gasteiger charge is 2.33. The number of sulfonamides is 1. The lowest BCUT2D eigenvalue weighted by Crippen LogP contribution is -2.43. The SMILES string of the molecule is CC(C)c1ccc(S(=O)(=O)N2CCC(C(=O)N(C)Cc3ccc4c(c3)OCCO4)CC2)cc1. The molecule has 1 saturated heterocycles. The summed E-state index contributed by atoms with van der Waals surface area (Å²) in [5.41, 5.74) is 2.08. The number of ether oxygens (including phenoxy) is 2. The molecular weight excluding hydrogens is 440 g/mol. The van der Waals surface area contributed by atoms with Gasteiger partial charge in [0.25, 0.3) is 0 Å². The molecule has 2 aromatic rings. The first kappa shape index (κ1) is 23.6. The van der Waals surface area contributed by atoms with Gasteiger partial charge in [0.1, 0.15) is 13.2 Å². The van der Waals surface area contributed by atoms with Gasteiger partial charge in [0, 0.05) is 32.6 Å². The van der Waals surface area contributed by atoms with Crippen molar-refractivity contribution >= 4 is 15.9 Å². The summed E-state index contributed by atoms with van der Waals surface area (Å²) < 4.78 is 38.8. The minimum atomic E-state index is -3.55. The average molecular weight is 473 g/mol. The van der Waals surface area contributed by atoms with Gasteiger partial charge in [-0.1, -0.05) is 32.0 Å². The van der Waals surface area contributed by atoms with Gasteiger partial charge in [-0.2, -0.15) is 4.31 Å². The third-order valence-corrected chi connectivity index (χ3v) is 8.30. The number of rotatable bonds is 6. The summed E-state index contributed by atoms with van der Waals surface area (Å²) in [7, 11) is -1.76. The lowest BCUT2D eigenvalue weighted by molar-refractivity contribution is -0.135. The number of fused-ring (bicyclic) bond motifs is 1. The first-order valence-corrected chi connectivity index (χ1v) is 12.9. The maximum atomic E-state index is 13.0. The van der Waals surface area contributed by atoms with E-state index in [0.29, 0.717) is 62.3 Å². The van der Waals surface area contributed by atoms with E-state index in [-0.39, 0.29) is 11.8 Å². The van der Waals surface area contributed by atoms with E-state index in [0.717, 1.165) is 16.9 Å². The Morgan fingerprint density at radius 2 is 1.67 bits per heavy atom.